The van der Waals surface area contributed by atoms with E-state index in [1.54, 1.807) is 0 Å². The van der Waals surface area contributed by atoms with Crippen molar-refractivity contribution in [2.75, 3.05) is 5.32 Å². The van der Waals surface area contributed by atoms with Gasteiger partial charge in [-0.2, -0.15) is 5.10 Å². The standard InChI is InChI=1S/C11H11N5OS/c1-6-13-16-11(18-6)12-10(17)9-5-7-3-2-4-8(7)14-15-9/h5H,2-4H2,1H3,(H,12,16,17). The number of aryl methyl sites for hydroxylation is 3. The number of amides is 1. The van der Waals surface area contributed by atoms with E-state index >= 15 is 0 Å². The molecule has 0 aliphatic heterocycles. The number of nitrogens with zero attached hydrogens (tertiary/aromatic N) is 4. The number of rotatable bonds is 2. The molecule has 92 valence electrons. The summed E-state index contributed by atoms with van der Waals surface area (Å²) in [5.41, 5.74) is 2.48. The van der Waals surface area contributed by atoms with Gasteiger partial charge in [-0.3, -0.25) is 10.1 Å². The van der Waals surface area contributed by atoms with E-state index in [1.165, 1.54) is 11.3 Å². The zero-order valence-corrected chi connectivity index (χ0v) is 10.6. The molecule has 18 heavy (non-hydrogen) atoms. The number of carbonyl (C=O) groups is 1. The molecule has 0 bridgehead atoms. The molecule has 0 unspecified atom stereocenters. The first-order valence-corrected chi connectivity index (χ1v) is 6.51. The number of anilines is 1. The molecule has 1 aliphatic rings. The topological polar surface area (TPSA) is 80.7 Å². The zero-order valence-electron chi connectivity index (χ0n) is 9.80. The molecule has 0 atom stereocenters. The van der Waals surface area contributed by atoms with Gasteiger partial charge in [-0.05, 0) is 37.8 Å². The minimum Gasteiger partial charge on any atom is -0.295 e. The second-order valence-corrected chi connectivity index (χ2v) is 5.32. The number of nitrogens with one attached hydrogen (secondary N) is 1. The van der Waals surface area contributed by atoms with E-state index in [2.05, 4.69) is 25.7 Å². The van der Waals surface area contributed by atoms with E-state index in [4.69, 9.17) is 0 Å². The van der Waals surface area contributed by atoms with Crippen LogP contribution in [0.1, 0.15) is 33.2 Å². The molecule has 3 rings (SSSR count). The van der Waals surface area contributed by atoms with E-state index < -0.39 is 0 Å². The van der Waals surface area contributed by atoms with Crippen LogP contribution < -0.4 is 5.32 Å². The van der Waals surface area contributed by atoms with Crippen LogP contribution in [0.2, 0.25) is 0 Å². The average molecular weight is 261 g/mol. The lowest BCUT2D eigenvalue weighted by Crippen LogP contribution is -2.15. The quantitative estimate of drug-likeness (QED) is 0.883. The highest BCUT2D eigenvalue weighted by Gasteiger charge is 2.17. The first kappa shape index (κ1) is 11.2. The Balaban J connectivity index is 1.80. The van der Waals surface area contributed by atoms with Crippen LogP contribution in [0.25, 0.3) is 0 Å². The van der Waals surface area contributed by atoms with Gasteiger partial charge in [-0.1, -0.05) is 11.3 Å². The van der Waals surface area contributed by atoms with Gasteiger partial charge in [0.25, 0.3) is 5.91 Å². The Morgan fingerprint density at radius 3 is 2.94 bits per heavy atom. The maximum atomic E-state index is 11.9. The second-order valence-electron chi connectivity index (χ2n) is 4.14. The van der Waals surface area contributed by atoms with Crippen molar-refractivity contribution in [1.82, 2.24) is 20.4 Å². The monoisotopic (exact) mass is 261 g/mol. The Labute approximate surface area is 107 Å². The van der Waals surface area contributed by atoms with Crippen molar-refractivity contribution in [3.63, 3.8) is 0 Å². The van der Waals surface area contributed by atoms with Crippen LogP contribution in [0, 0.1) is 6.92 Å². The van der Waals surface area contributed by atoms with E-state index in [9.17, 15) is 4.79 Å². The van der Waals surface area contributed by atoms with Gasteiger partial charge in [0.1, 0.15) is 5.01 Å². The minimum absolute atomic E-state index is 0.284. The predicted octanol–water partition coefficient (Wildman–Crippen LogP) is 1.38. The van der Waals surface area contributed by atoms with Crippen molar-refractivity contribution in [2.45, 2.75) is 26.2 Å². The Morgan fingerprint density at radius 1 is 1.28 bits per heavy atom. The molecule has 0 saturated heterocycles. The van der Waals surface area contributed by atoms with Crippen LogP contribution in [-0.4, -0.2) is 26.3 Å². The van der Waals surface area contributed by atoms with Crippen molar-refractivity contribution in [3.05, 3.63) is 28.0 Å². The molecule has 2 aromatic rings. The molecule has 2 aromatic heterocycles. The first-order chi connectivity index (χ1) is 8.72. The zero-order chi connectivity index (χ0) is 12.5. The van der Waals surface area contributed by atoms with Crippen LogP contribution in [0.4, 0.5) is 5.13 Å². The Hall–Kier alpha value is -1.89. The Bertz CT molecular complexity index is 609. The van der Waals surface area contributed by atoms with Gasteiger partial charge in [0.05, 0.1) is 5.69 Å². The van der Waals surface area contributed by atoms with Crippen LogP contribution >= 0.6 is 11.3 Å². The molecule has 0 radical (unpaired) electrons. The molecule has 1 aliphatic carbocycles. The second kappa shape index (κ2) is 4.41. The highest BCUT2D eigenvalue weighted by molar-refractivity contribution is 7.15. The largest absolute Gasteiger partial charge is 0.295 e. The molecule has 6 nitrogen and oxygen atoms in total. The number of hydrogen-bond donors (Lipinski definition) is 1. The van der Waals surface area contributed by atoms with Gasteiger partial charge < -0.3 is 0 Å². The van der Waals surface area contributed by atoms with Gasteiger partial charge in [-0.25, -0.2) is 0 Å². The maximum absolute atomic E-state index is 11.9. The number of aromatic nitrogens is 4. The lowest BCUT2D eigenvalue weighted by atomic mass is 10.2. The number of fused-ring (bicyclic) bond motifs is 1. The van der Waals surface area contributed by atoms with Crippen molar-refractivity contribution in [3.8, 4) is 0 Å². The third kappa shape index (κ3) is 2.08. The molecular formula is C11H11N5OS. The van der Waals surface area contributed by atoms with E-state index in [1.807, 2.05) is 13.0 Å². The van der Waals surface area contributed by atoms with Gasteiger partial charge in [0.15, 0.2) is 5.69 Å². The Kier molecular flexibility index (Phi) is 2.75. The van der Waals surface area contributed by atoms with Gasteiger partial charge >= 0.3 is 0 Å². The smallest absolute Gasteiger partial charge is 0.278 e. The fraction of sp³-hybridized carbons (Fsp3) is 0.364. The van der Waals surface area contributed by atoms with Crippen LogP contribution in [0.5, 0.6) is 0 Å². The molecule has 1 amide bonds. The fourth-order valence-electron chi connectivity index (χ4n) is 1.95. The highest BCUT2D eigenvalue weighted by Crippen LogP contribution is 2.20. The fourth-order valence-corrected chi connectivity index (χ4v) is 2.53. The molecule has 1 N–H and O–H groups in total. The summed E-state index contributed by atoms with van der Waals surface area (Å²) in [5, 5.41) is 19.7. The molecule has 0 saturated carbocycles. The van der Waals surface area contributed by atoms with Gasteiger partial charge in [-0.15, -0.1) is 15.3 Å². The third-order valence-electron chi connectivity index (χ3n) is 2.80. The summed E-state index contributed by atoms with van der Waals surface area (Å²) in [4.78, 5) is 11.9. The van der Waals surface area contributed by atoms with Crippen LogP contribution in [-0.2, 0) is 12.8 Å². The van der Waals surface area contributed by atoms with Crippen molar-refractivity contribution >= 4 is 22.4 Å². The summed E-state index contributed by atoms with van der Waals surface area (Å²) < 4.78 is 0. The molecular weight excluding hydrogens is 250 g/mol. The normalized spacial score (nSPS) is 13.4. The molecule has 0 spiro atoms. The summed E-state index contributed by atoms with van der Waals surface area (Å²) in [7, 11) is 0. The van der Waals surface area contributed by atoms with Gasteiger partial charge in [0, 0.05) is 0 Å². The number of carbonyl (C=O) groups excluding carboxylic acids is 1. The summed E-state index contributed by atoms with van der Waals surface area (Å²) in [5.74, 6) is -0.284. The van der Waals surface area contributed by atoms with Crippen LogP contribution in [0.15, 0.2) is 6.07 Å². The molecule has 0 fully saturated rings. The third-order valence-corrected chi connectivity index (χ3v) is 3.55. The van der Waals surface area contributed by atoms with Gasteiger partial charge in [0.2, 0.25) is 5.13 Å². The lowest BCUT2D eigenvalue weighted by Gasteiger charge is -2.02. The predicted molar refractivity (Wildman–Crippen MR) is 66.7 cm³/mol. The molecule has 2 heterocycles. The van der Waals surface area contributed by atoms with E-state index in [-0.39, 0.29) is 5.91 Å². The SMILES string of the molecule is Cc1nnc(NC(=O)c2cc3c(nn2)CCC3)s1. The maximum Gasteiger partial charge on any atom is 0.278 e. The van der Waals surface area contributed by atoms with Crippen molar-refractivity contribution in [1.29, 1.82) is 0 Å². The summed E-state index contributed by atoms with van der Waals surface area (Å²) in [6.45, 7) is 1.84. The summed E-state index contributed by atoms with van der Waals surface area (Å²) in [6.07, 6.45) is 3.02. The number of hydrogen-bond acceptors (Lipinski definition) is 6. The first-order valence-electron chi connectivity index (χ1n) is 5.69. The molecule has 7 heteroatoms. The summed E-state index contributed by atoms with van der Waals surface area (Å²) >= 11 is 1.33. The van der Waals surface area contributed by atoms with Crippen molar-refractivity contribution in [2.24, 2.45) is 0 Å². The highest BCUT2D eigenvalue weighted by atomic mass is 32.1. The Morgan fingerprint density at radius 2 is 2.17 bits per heavy atom. The minimum atomic E-state index is -0.284. The average Bonchev–Trinajstić information content (AvgIpc) is 2.96. The van der Waals surface area contributed by atoms with E-state index in [0.29, 0.717) is 10.8 Å². The van der Waals surface area contributed by atoms with E-state index in [0.717, 1.165) is 35.5 Å². The summed E-state index contributed by atoms with van der Waals surface area (Å²) in [6, 6.07) is 1.82. The van der Waals surface area contributed by atoms with Crippen molar-refractivity contribution < 1.29 is 4.79 Å². The molecule has 0 aromatic carbocycles. The lowest BCUT2D eigenvalue weighted by molar-refractivity contribution is 0.102. The van der Waals surface area contributed by atoms with Crippen LogP contribution in [0.3, 0.4) is 0 Å².